The molecule has 1 aromatic rings. The lowest BCUT2D eigenvalue weighted by molar-refractivity contribution is 0.00822. The maximum atomic E-state index is 11.8. The topological polar surface area (TPSA) is 46.8 Å². The van der Waals surface area contributed by atoms with E-state index in [9.17, 15) is 4.79 Å². The van der Waals surface area contributed by atoms with Gasteiger partial charge in [-0.1, -0.05) is 0 Å². The fraction of sp³-hybridized carbons (Fsp3) is 0.500. The molecule has 0 aromatic carbocycles. The molecular weight excluding hydrogens is 242 g/mol. The zero-order valence-electron chi connectivity index (χ0n) is 11.4. The van der Waals surface area contributed by atoms with Crippen molar-refractivity contribution >= 4 is 11.8 Å². The number of ether oxygens (including phenoxy) is 1. The number of hydrogen-bond acceptors (Lipinski definition) is 3. The van der Waals surface area contributed by atoms with E-state index in [1.807, 2.05) is 20.8 Å². The van der Waals surface area contributed by atoms with Crippen molar-refractivity contribution in [2.24, 2.45) is 0 Å². The molecule has 0 spiro atoms. The first-order valence-electron chi connectivity index (χ1n) is 6.20. The summed E-state index contributed by atoms with van der Waals surface area (Å²) in [5.74, 6) is 0.185. The molecule has 1 saturated heterocycles. The lowest BCUT2D eigenvalue weighted by Crippen LogP contribution is -2.50. The number of carbonyl (C=O) groups is 1. The van der Waals surface area contributed by atoms with E-state index in [0.717, 1.165) is 5.56 Å². The second-order valence-corrected chi connectivity index (χ2v) is 5.63. The molecule has 0 N–H and O–H groups in total. The molecule has 0 radical (unpaired) electrons. The summed E-state index contributed by atoms with van der Waals surface area (Å²) in [6.45, 7) is 13.8. The van der Waals surface area contributed by atoms with Crippen molar-refractivity contribution in [3.05, 3.63) is 35.4 Å². The normalized spacial score (nSPS) is 15.6. The first-order valence-corrected chi connectivity index (χ1v) is 6.20. The fourth-order valence-electron chi connectivity index (χ4n) is 1.97. The van der Waals surface area contributed by atoms with E-state index in [2.05, 4.69) is 9.83 Å². The molecule has 1 fully saturated rings. The summed E-state index contributed by atoms with van der Waals surface area (Å²) in [4.78, 5) is 21.0. The van der Waals surface area contributed by atoms with E-state index < -0.39 is 5.60 Å². The molecule has 1 aliphatic heterocycles. The van der Waals surface area contributed by atoms with Crippen LogP contribution in [-0.4, -0.2) is 34.7 Å². The van der Waals surface area contributed by atoms with Crippen molar-refractivity contribution in [1.82, 2.24) is 9.88 Å². The summed E-state index contributed by atoms with van der Waals surface area (Å²) in [6.07, 6.45) is 3.03. The van der Waals surface area contributed by atoms with Crippen molar-refractivity contribution in [3.63, 3.8) is 0 Å². The molecule has 1 aliphatic rings. The number of rotatable bonds is 1. The van der Waals surface area contributed by atoms with Crippen LogP contribution in [-0.2, 0) is 4.74 Å². The molecule has 0 atom stereocenters. The van der Waals surface area contributed by atoms with Gasteiger partial charge in [0.05, 0.1) is 6.57 Å². The number of carbonyl (C=O) groups excluding carboxylic acids is 1. The van der Waals surface area contributed by atoms with Gasteiger partial charge in [-0.15, -0.1) is 0 Å². The summed E-state index contributed by atoms with van der Waals surface area (Å²) < 4.78 is 5.29. The highest BCUT2D eigenvalue weighted by Gasteiger charge is 2.35. The first-order chi connectivity index (χ1) is 8.90. The Morgan fingerprint density at radius 2 is 2.21 bits per heavy atom. The van der Waals surface area contributed by atoms with Crippen LogP contribution in [0.2, 0.25) is 0 Å². The van der Waals surface area contributed by atoms with Gasteiger partial charge in [0.15, 0.2) is 5.69 Å². The van der Waals surface area contributed by atoms with E-state index in [1.54, 1.807) is 23.4 Å². The van der Waals surface area contributed by atoms with Crippen molar-refractivity contribution < 1.29 is 9.53 Å². The summed E-state index contributed by atoms with van der Waals surface area (Å²) in [6, 6.07) is 1.71. The van der Waals surface area contributed by atoms with Crippen LogP contribution >= 0.6 is 0 Å². The van der Waals surface area contributed by atoms with Gasteiger partial charge in [0.25, 0.3) is 0 Å². The molecule has 2 heterocycles. The van der Waals surface area contributed by atoms with Crippen LogP contribution in [0.5, 0.6) is 0 Å². The van der Waals surface area contributed by atoms with Gasteiger partial charge in [0.2, 0.25) is 0 Å². The van der Waals surface area contributed by atoms with Crippen LogP contribution in [0.4, 0.5) is 10.5 Å². The van der Waals surface area contributed by atoms with E-state index in [0.29, 0.717) is 18.8 Å². The Kier molecular flexibility index (Phi) is 3.43. The lowest BCUT2D eigenvalue weighted by atomic mass is 9.92. The summed E-state index contributed by atoms with van der Waals surface area (Å²) in [5, 5.41) is 0. The molecule has 0 saturated carbocycles. The standard InChI is InChI=1S/C14H17N3O2/c1-14(2,3)19-13(18)17-8-10(9-17)11-7-16-6-5-12(11)15-4/h5-7,10H,8-9H2,1-3H3. The second kappa shape index (κ2) is 4.88. The smallest absolute Gasteiger partial charge is 0.410 e. The van der Waals surface area contributed by atoms with Crippen LogP contribution in [0.25, 0.3) is 4.85 Å². The fourth-order valence-corrected chi connectivity index (χ4v) is 1.97. The van der Waals surface area contributed by atoms with Crippen molar-refractivity contribution in [3.8, 4) is 0 Å². The highest BCUT2D eigenvalue weighted by molar-refractivity contribution is 5.70. The number of hydrogen-bond donors (Lipinski definition) is 0. The predicted molar refractivity (Wildman–Crippen MR) is 71.0 cm³/mol. The number of aromatic nitrogens is 1. The molecule has 100 valence electrons. The Bertz CT molecular complexity index is 522. The van der Waals surface area contributed by atoms with E-state index in [4.69, 9.17) is 11.3 Å². The lowest BCUT2D eigenvalue weighted by Gasteiger charge is -2.40. The molecule has 5 heteroatoms. The number of nitrogens with zero attached hydrogens (tertiary/aromatic N) is 3. The third-order valence-electron chi connectivity index (χ3n) is 2.92. The minimum absolute atomic E-state index is 0.185. The van der Waals surface area contributed by atoms with Crippen LogP contribution < -0.4 is 0 Å². The van der Waals surface area contributed by atoms with E-state index in [1.165, 1.54) is 0 Å². The van der Waals surface area contributed by atoms with Gasteiger partial charge in [-0.25, -0.2) is 9.64 Å². The van der Waals surface area contributed by atoms with Gasteiger partial charge in [-0.2, -0.15) is 0 Å². The first kappa shape index (κ1) is 13.3. The van der Waals surface area contributed by atoms with Gasteiger partial charge in [-0.3, -0.25) is 4.98 Å². The third-order valence-corrected chi connectivity index (χ3v) is 2.92. The molecular formula is C14H17N3O2. The zero-order chi connectivity index (χ0) is 14.0. The molecule has 0 unspecified atom stereocenters. The van der Waals surface area contributed by atoms with Crippen LogP contribution in [0.3, 0.4) is 0 Å². The van der Waals surface area contributed by atoms with Crippen molar-refractivity contribution in [1.29, 1.82) is 0 Å². The van der Waals surface area contributed by atoms with Crippen molar-refractivity contribution in [2.45, 2.75) is 32.3 Å². The van der Waals surface area contributed by atoms with Gasteiger partial charge >= 0.3 is 6.09 Å². The summed E-state index contributed by atoms with van der Waals surface area (Å²) in [5.41, 5.74) is 1.05. The minimum Gasteiger partial charge on any atom is -0.444 e. The average molecular weight is 259 g/mol. The monoisotopic (exact) mass is 259 g/mol. The maximum absolute atomic E-state index is 11.8. The molecule has 19 heavy (non-hydrogen) atoms. The highest BCUT2D eigenvalue weighted by atomic mass is 16.6. The third kappa shape index (κ3) is 3.02. The number of pyridine rings is 1. The Labute approximate surface area is 113 Å². The van der Waals surface area contributed by atoms with E-state index >= 15 is 0 Å². The molecule has 0 bridgehead atoms. The average Bonchev–Trinajstić information content (AvgIpc) is 2.25. The molecule has 1 aromatic heterocycles. The molecule has 0 aliphatic carbocycles. The highest BCUT2D eigenvalue weighted by Crippen LogP contribution is 2.33. The Balaban J connectivity index is 1.97. The van der Waals surface area contributed by atoms with Gasteiger partial charge < -0.3 is 9.64 Å². The largest absolute Gasteiger partial charge is 0.444 e. The number of likely N-dealkylation sites (tertiary alicyclic amines) is 1. The Morgan fingerprint density at radius 1 is 1.53 bits per heavy atom. The maximum Gasteiger partial charge on any atom is 0.410 e. The van der Waals surface area contributed by atoms with Crippen LogP contribution in [0.15, 0.2) is 18.5 Å². The summed E-state index contributed by atoms with van der Waals surface area (Å²) >= 11 is 0. The second-order valence-electron chi connectivity index (χ2n) is 5.63. The van der Waals surface area contributed by atoms with Gasteiger partial charge in [0, 0.05) is 31.4 Å². The predicted octanol–water partition coefficient (Wildman–Crippen LogP) is 2.97. The molecule has 5 nitrogen and oxygen atoms in total. The Morgan fingerprint density at radius 3 is 2.79 bits per heavy atom. The number of amides is 1. The van der Waals surface area contributed by atoms with Gasteiger partial charge in [-0.05, 0) is 32.4 Å². The Hall–Kier alpha value is -2.09. The van der Waals surface area contributed by atoms with Gasteiger partial charge in [0.1, 0.15) is 5.60 Å². The zero-order valence-corrected chi connectivity index (χ0v) is 11.4. The van der Waals surface area contributed by atoms with E-state index in [-0.39, 0.29) is 12.0 Å². The van der Waals surface area contributed by atoms with Crippen LogP contribution in [0, 0.1) is 6.57 Å². The van der Waals surface area contributed by atoms with Crippen molar-refractivity contribution in [2.75, 3.05) is 13.1 Å². The summed E-state index contributed by atoms with van der Waals surface area (Å²) in [7, 11) is 0. The molecule has 1 amide bonds. The molecule has 2 rings (SSSR count). The quantitative estimate of drug-likeness (QED) is 0.728. The SMILES string of the molecule is [C-]#[N+]c1ccncc1C1CN(C(=O)OC(C)(C)C)C1. The van der Waals surface area contributed by atoms with Crippen LogP contribution in [0.1, 0.15) is 32.3 Å². The minimum atomic E-state index is -0.474.